The average Bonchev–Trinajstić information content (AvgIpc) is 3.57. The van der Waals surface area contributed by atoms with E-state index in [2.05, 4.69) is 9.97 Å². The molecule has 1 aliphatic carbocycles. The molecule has 1 aliphatic rings. The van der Waals surface area contributed by atoms with Crippen molar-refractivity contribution >= 4 is 5.91 Å². The number of hydrogen-bond donors (Lipinski definition) is 2. The van der Waals surface area contributed by atoms with Gasteiger partial charge in [-0.05, 0) is 36.6 Å². The normalized spacial score (nSPS) is 13.8. The number of alkyl halides is 3. The maximum atomic E-state index is 13.4. The smallest absolute Gasteiger partial charge is 0.431 e. The van der Waals surface area contributed by atoms with E-state index in [-0.39, 0.29) is 17.7 Å². The molecular weight excluding hydrogens is 413 g/mol. The van der Waals surface area contributed by atoms with E-state index in [4.69, 9.17) is 10.5 Å². The number of rotatable bonds is 6. The summed E-state index contributed by atoms with van der Waals surface area (Å²) in [7, 11) is 0. The number of ether oxygens (including phenoxy) is 1. The summed E-state index contributed by atoms with van der Waals surface area (Å²) in [5, 5.41) is 0. The Morgan fingerprint density at radius 1 is 1.16 bits per heavy atom. The summed E-state index contributed by atoms with van der Waals surface area (Å²) >= 11 is 0. The first-order valence-corrected chi connectivity index (χ1v) is 9.41. The number of halogens is 3. The number of carbonyl (C=O) groups is 1. The fourth-order valence-electron chi connectivity index (χ4n) is 3.05. The highest BCUT2D eigenvalue weighted by Crippen LogP contribution is 2.38. The molecule has 1 fully saturated rings. The lowest BCUT2D eigenvalue weighted by molar-refractivity contribution is -0.140. The van der Waals surface area contributed by atoms with E-state index in [1.54, 1.807) is 17.4 Å². The van der Waals surface area contributed by atoms with E-state index in [1.807, 2.05) is 0 Å². The molecule has 0 unspecified atom stereocenters. The zero-order valence-corrected chi connectivity index (χ0v) is 16.1. The molecule has 3 aromatic rings. The van der Waals surface area contributed by atoms with Gasteiger partial charge in [-0.1, -0.05) is 12.1 Å². The van der Waals surface area contributed by atoms with Gasteiger partial charge in [-0.25, -0.2) is 9.97 Å². The number of amides is 1. The van der Waals surface area contributed by atoms with Crippen molar-refractivity contribution in [2.24, 2.45) is 5.73 Å². The molecule has 10 heteroatoms. The summed E-state index contributed by atoms with van der Waals surface area (Å²) in [4.78, 5) is 33.5. The lowest BCUT2D eigenvalue weighted by Gasteiger charge is -2.14. The third kappa shape index (κ3) is 4.57. The zero-order chi connectivity index (χ0) is 22.2. The number of primary amides is 1. The number of aromatic amines is 1. The number of pyridine rings is 1. The number of carbonyl (C=O) groups excluding carboxylic acids is 1. The molecule has 7 nitrogen and oxygen atoms in total. The van der Waals surface area contributed by atoms with E-state index in [9.17, 15) is 22.8 Å². The van der Waals surface area contributed by atoms with Crippen molar-refractivity contribution in [3.8, 4) is 16.9 Å². The average molecular weight is 430 g/mol. The Morgan fingerprint density at radius 3 is 2.35 bits per heavy atom. The SMILES string of the molecule is NC(=O)c1cc(-c2ccc(OCc3cnc(C4CC4)nc3)cc2)c(C(F)(F)F)[nH]c1=O. The Hall–Kier alpha value is -3.69. The van der Waals surface area contributed by atoms with Crippen LogP contribution in [0.1, 0.15) is 46.2 Å². The van der Waals surface area contributed by atoms with Gasteiger partial charge in [0, 0.05) is 29.4 Å². The highest BCUT2D eigenvalue weighted by molar-refractivity contribution is 5.94. The van der Waals surface area contributed by atoms with Crippen LogP contribution in [0, 0.1) is 0 Å². The minimum Gasteiger partial charge on any atom is -0.489 e. The molecule has 1 amide bonds. The summed E-state index contributed by atoms with van der Waals surface area (Å²) in [5.74, 6) is 0.575. The predicted molar refractivity (Wildman–Crippen MR) is 104 cm³/mol. The van der Waals surface area contributed by atoms with Gasteiger partial charge in [0.25, 0.3) is 11.5 Å². The van der Waals surface area contributed by atoms with E-state index in [0.29, 0.717) is 11.7 Å². The Bertz CT molecular complexity index is 1170. The van der Waals surface area contributed by atoms with Crippen LogP contribution in [0.4, 0.5) is 13.2 Å². The third-order valence-electron chi connectivity index (χ3n) is 4.83. The van der Waals surface area contributed by atoms with Crippen LogP contribution in [0.5, 0.6) is 5.75 Å². The predicted octanol–water partition coefficient (Wildman–Crippen LogP) is 3.41. The molecule has 4 rings (SSSR count). The molecule has 0 spiro atoms. The van der Waals surface area contributed by atoms with Gasteiger partial charge in [0.2, 0.25) is 0 Å². The standard InChI is InChI=1S/C21H17F3N4O3/c22-21(23,24)17-15(7-16(18(25)29)20(30)28-17)12-3-5-14(6-4-12)31-10-11-8-26-19(27-9-11)13-1-2-13/h3-9,13H,1-2,10H2,(H2,25,29)(H,28,30). The van der Waals surface area contributed by atoms with Gasteiger partial charge in [0.1, 0.15) is 29.4 Å². The quantitative estimate of drug-likeness (QED) is 0.623. The molecular formula is C21H17F3N4O3. The van der Waals surface area contributed by atoms with Crippen molar-refractivity contribution in [2.75, 3.05) is 0 Å². The van der Waals surface area contributed by atoms with Crippen molar-refractivity contribution in [2.45, 2.75) is 31.5 Å². The lowest BCUT2D eigenvalue weighted by Crippen LogP contribution is -2.27. The Kier molecular flexibility index (Phi) is 5.22. The maximum Gasteiger partial charge on any atom is 0.431 e. The molecule has 2 aromatic heterocycles. The van der Waals surface area contributed by atoms with E-state index >= 15 is 0 Å². The molecule has 0 saturated heterocycles. The second-order valence-corrected chi connectivity index (χ2v) is 7.20. The van der Waals surface area contributed by atoms with Crippen molar-refractivity contribution in [1.29, 1.82) is 0 Å². The molecule has 31 heavy (non-hydrogen) atoms. The van der Waals surface area contributed by atoms with Crippen LogP contribution < -0.4 is 16.0 Å². The topological polar surface area (TPSA) is 111 Å². The highest BCUT2D eigenvalue weighted by atomic mass is 19.4. The van der Waals surface area contributed by atoms with Gasteiger partial charge in [-0.3, -0.25) is 9.59 Å². The van der Waals surface area contributed by atoms with Gasteiger partial charge in [-0.15, -0.1) is 0 Å². The Balaban J connectivity index is 1.55. The maximum absolute atomic E-state index is 13.4. The molecule has 3 N–H and O–H groups in total. The zero-order valence-electron chi connectivity index (χ0n) is 16.1. The second kappa shape index (κ2) is 7.86. The van der Waals surface area contributed by atoms with Crippen LogP contribution in [0.2, 0.25) is 0 Å². The van der Waals surface area contributed by atoms with Crippen LogP contribution in [-0.2, 0) is 12.8 Å². The van der Waals surface area contributed by atoms with E-state index in [0.717, 1.165) is 30.3 Å². The lowest BCUT2D eigenvalue weighted by atomic mass is 10.0. The van der Waals surface area contributed by atoms with Gasteiger partial charge in [0.05, 0.1) is 0 Å². The van der Waals surface area contributed by atoms with Gasteiger partial charge >= 0.3 is 6.18 Å². The number of nitrogens with zero attached hydrogens (tertiary/aromatic N) is 2. The summed E-state index contributed by atoms with van der Waals surface area (Å²) in [5.41, 5.74) is 2.62. The van der Waals surface area contributed by atoms with Gasteiger partial charge in [0.15, 0.2) is 0 Å². The molecule has 1 saturated carbocycles. The summed E-state index contributed by atoms with van der Waals surface area (Å²) < 4.78 is 45.8. The van der Waals surface area contributed by atoms with E-state index < -0.39 is 28.9 Å². The van der Waals surface area contributed by atoms with E-state index in [1.165, 1.54) is 24.3 Å². The molecule has 160 valence electrons. The van der Waals surface area contributed by atoms with Gasteiger partial charge in [-0.2, -0.15) is 13.2 Å². The molecule has 0 aliphatic heterocycles. The second-order valence-electron chi connectivity index (χ2n) is 7.20. The van der Waals surface area contributed by atoms with Crippen LogP contribution in [0.3, 0.4) is 0 Å². The fraction of sp³-hybridized carbons (Fsp3) is 0.238. The molecule has 2 heterocycles. The Labute approximate surface area is 174 Å². The molecule has 0 radical (unpaired) electrons. The van der Waals surface area contributed by atoms with Crippen LogP contribution in [0.15, 0.2) is 47.5 Å². The first kappa shape index (κ1) is 20.6. The molecule has 0 atom stereocenters. The summed E-state index contributed by atoms with van der Waals surface area (Å²) in [6.07, 6.45) is 0.766. The summed E-state index contributed by atoms with van der Waals surface area (Å²) in [6.45, 7) is 0.197. The minimum atomic E-state index is -4.83. The van der Waals surface area contributed by atoms with Crippen molar-refractivity contribution in [1.82, 2.24) is 15.0 Å². The number of nitrogens with one attached hydrogen (secondary N) is 1. The largest absolute Gasteiger partial charge is 0.489 e. The first-order valence-electron chi connectivity index (χ1n) is 9.41. The van der Waals surface area contributed by atoms with Crippen molar-refractivity contribution in [3.05, 3.63) is 75.7 Å². The van der Waals surface area contributed by atoms with Crippen LogP contribution >= 0.6 is 0 Å². The number of hydrogen-bond acceptors (Lipinski definition) is 5. The monoisotopic (exact) mass is 430 g/mol. The number of H-pyrrole nitrogens is 1. The fourth-order valence-corrected chi connectivity index (χ4v) is 3.05. The van der Waals surface area contributed by atoms with Gasteiger partial charge < -0.3 is 15.5 Å². The minimum absolute atomic E-state index is 0.135. The molecule has 1 aromatic carbocycles. The first-order chi connectivity index (χ1) is 14.7. The Morgan fingerprint density at radius 2 is 1.81 bits per heavy atom. The number of benzene rings is 1. The third-order valence-corrected chi connectivity index (χ3v) is 4.83. The highest BCUT2D eigenvalue weighted by Gasteiger charge is 2.36. The van der Waals surface area contributed by atoms with Crippen LogP contribution in [-0.4, -0.2) is 20.9 Å². The van der Waals surface area contributed by atoms with Crippen molar-refractivity contribution < 1.29 is 22.7 Å². The molecule has 0 bridgehead atoms. The number of nitrogens with two attached hydrogens (primary N) is 1. The van der Waals surface area contributed by atoms with Crippen LogP contribution in [0.25, 0.3) is 11.1 Å². The van der Waals surface area contributed by atoms with Crippen molar-refractivity contribution in [3.63, 3.8) is 0 Å². The number of aromatic nitrogens is 3. The summed E-state index contributed by atoms with van der Waals surface area (Å²) in [6, 6.07) is 6.62.